The van der Waals surface area contributed by atoms with E-state index in [1.165, 1.54) is 11.3 Å². The first-order valence-corrected chi connectivity index (χ1v) is 10.5. The van der Waals surface area contributed by atoms with Crippen molar-refractivity contribution in [2.75, 3.05) is 46.0 Å². The molecule has 0 saturated carbocycles. The summed E-state index contributed by atoms with van der Waals surface area (Å²) in [4.78, 5) is 28.0. The number of aryl methyl sites for hydroxylation is 1. The van der Waals surface area contributed by atoms with Gasteiger partial charge in [0.15, 0.2) is 0 Å². The van der Waals surface area contributed by atoms with Crippen molar-refractivity contribution in [3.63, 3.8) is 0 Å². The lowest BCUT2D eigenvalue weighted by Gasteiger charge is -2.26. The number of hydrogen-bond donors (Lipinski definition) is 2. The molecule has 2 heterocycles. The monoisotopic (exact) mass is 417 g/mol. The van der Waals surface area contributed by atoms with Crippen molar-refractivity contribution in [1.82, 2.24) is 15.5 Å². The molecule has 156 valence electrons. The van der Waals surface area contributed by atoms with Crippen LogP contribution in [0.4, 0.5) is 0 Å². The summed E-state index contributed by atoms with van der Waals surface area (Å²) >= 11 is 1.41. The molecule has 0 aliphatic carbocycles. The first-order chi connectivity index (χ1) is 14.1. The van der Waals surface area contributed by atoms with Crippen LogP contribution in [0.3, 0.4) is 0 Å². The van der Waals surface area contributed by atoms with Crippen LogP contribution in [0.25, 0.3) is 0 Å². The predicted molar refractivity (Wildman–Crippen MR) is 112 cm³/mol. The van der Waals surface area contributed by atoms with Gasteiger partial charge in [-0.2, -0.15) is 0 Å². The van der Waals surface area contributed by atoms with Crippen molar-refractivity contribution in [1.29, 1.82) is 0 Å². The Morgan fingerprint density at radius 3 is 2.76 bits per heavy atom. The molecular formula is C21H27N3O4S. The Morgan fingerprint density at radius 1 is 1.17 bits per heavy atom. The molecular weight excluding hydrogens is 390 g/mol. The lowest BCUT2D eigenvalue weighted by molar-refractivity contribution is -0.120. The van der Waals surface area contributed by atoms with E-state index in [1.54, 1.807) is 6.07 Å². The van der Waals surface area contributed by atoms with Crippen molar-refractivity contribution >= 4 is 23.2 Å². The van der Waals surface area contributed by atoms with Crippen LogP contribution in [0.1, 0.15) is 20.1 Å². The van der Waals surface area contributed by atoms with Crippen LogP contribution in [0.15, 0.2) is 36.4 Å². The van der Waals surface area contributed by atoms with Crippen molar-refractivity contribution in [2.45, 2.75) is 13.5 Å². The summed E-state index contributed by atoms with van der Waals surface area (Å²) in [5.41, 5.74) is 0.947. The van der Waals surface area contributed by atoms with Crippen LogP contribution < -0.4 is 15.4 Å². The minimum Gasteiger partial charge on any atom is -0.492 e. The molecule has 1 aliphatic heterocycles. The third-order valence-electron chi connectivity index (χ3n) is 4.54. The van der Waals surface area contributed by atoms with Gasteiger partial charge in [0.25, 0.3) is 5.91 Å². The lowest BCUT2D eigenvalue weighted by atomic mass is 10.2. The zero-order valence-electron chi connectivity index (χ0n) is 16.6. The van der Waals surface area contributed by atoms with Gasteiger partial charge in [0.1, 0.15) is 12.4 Å². The highest BCUT2D eigenvalue weighted by atomic mass is 32.1. The maximum absolute atomic E-state index is 12.0. The average Bonchev–Trinajstić information content (AvgIpc) is 3.18. The van der Waals surface area contributed by atoms with E-state index in [0.717, 1.165) is 49.0 Å². The minimum absolute atomic E-state index is 0.0501. The molecule has 0 unspecified atom stereocenters. The Labute approximate surface area is 175 Å². The predicted octanol–water partition coefficient (Wildman–Crippen LogP) is 1.81. The van der Waals surface area contributed by atoms with Crippen molar-refractivity contribution in [2.24, 2.45) is 0 Å². The van der Waals surface area contributed by atoms with Gasteiger partial charge >= 0.3 is 0 Å². The number of nitrogens with zero attached hydrogens (tertiary/aromatic N) is 1. The molecule has 0 spiro atoms. The molecule has 3 rings (SSSR count). The number of benzene rings is 1. The standard InChI is InChI=1S/C21H27N3O4S/c1-16-5-6-19(29-16)21(26)23-15-20(25)22-14-17-3-2-4-18(13-17)28-12-9-24-7-10-27-11-8-24/h2-6,13H,7-12,14-15H2,1H3,(H,22,25)(H,23,26). The summed E-state index contributed by atoms with van der Waals surface area (Å²) in [7, 11) is 0. The van der Waals surface area contributed by atoms with E-state index < -0.39 is 0 Å². The second-order valence-electron chi connectivity index (χ2n) is 6.82. The number of carbonyl (C=O) groups excluding carboxylic acids is 2. The number of amides is 2. The Balaban J connectivity index is 1.36. The fourth-order valence-corrected chi connectivity index (χ4v) is 3.71. The molecule has 0 atom stereocenters. The molecule has 29 heavy (non-hydrogen) atoms. The van der Waals surface area contributed by atoms with E-state index in [-0.39, 0.29) is 18.4 Å². The fourth-order valence-electron chi connectivity index (χ4n) is 2.93. The summed E-state index contributed by atoms with van der Waals surface area (Å²) in [6.45, 7) is 7.20. The average molecular weight is 418 g/mol. The summed E-state index contributed by atoms with van der Waals surface area (Å²) in [6.07, 6.45) is 0. The zero-order valence-corrected chi connectivity index (χ0v) is 17.4. The maximum Gasteiger partial charge on any atom is 0.261 e. The Bertz CT molecular complexity index is 818. The normalized spacial score (nSPS) is 14.4. The minimum atomic E-state index is -0.231. The molecule has 1 aromatic heterocycles. The molecule has 1 aliphatic rings. The summed E-state index contributed by atoms with van der Waals surface area (Å²) in [5.74, 6) is 0.325. The second-order valence-corrected chi connectivity index (χ2v) is 8.11. The highest BCUT2D eigenvalue weighted by Gasteiger charge is 2.11. The number of thiophene rings is 1. The molecule has 2 aromatic rings. The first-order valence-electron chi connectivity index (χ1n) is 9.73. The molecule has 1 saturated heterocycles. The molecule has 2 amide bonds. The highest BCUT2D eigenvalue weighted by Crippen LogP contribution is 2.15. The van der Waals surface area contributed by atoms with Crippen LogP contribution in [0.2, 0.25) is 0 Å². The molecule has 1 aromatic carbocycles. The van der Waals surface area contributed by atoms with Gasteiger partial charge in [-0.15, -0.1) is 11.3 Å². The van der Waals surface area contributed by atoms with Crippen LogP contribution in [-0.2, 0) is 16.1 Å². The van der Waals surface area contributed by atoms with Crippen molar-refractivity contribution in [3.05, 3.63) is 51.7 Å². The quantitative estimate of drug-likeness (QED) is 0.651. The number of hydrogen-bond acceptors (Lipinski definition) is 6. The molecule has 8 heteroatoms. The third kappa shape index (κ3) is 7.16. The van der Waals surface area contributed by atoms with Crippen LogP contribution in [0.5, 0.6) is 5.75 Å². The van der Waals surface area contributed by atoms with E-state index in [4.69, 9.17) is 9.47 Å². The Hall–Kier alpha value is -2.42. The van der Waals surface area contributed by atoms with E-state index in [1.807, 2.05) is 37.3 Å². The van der Waals surface area contributed by atoms with Gasteiger partial charge in [-0.1, -0.05) is 12.1 Å². The molecule has 0 bridgehead atoms. The molecule has 7 nitrogen and oxygen atoms in total. The van der Waals surface area contributed by atoms with Gasteiger partial charge in [0.2, 0.25) is 5.91 Å². The topological polar surface area (TPSA) is 79.9 Å². The second kappa shape index (κ2) is 10.9. The zero-order chi connectivity index (χ0) is 20.5. The largest absolute Gasteiger partial charge is 0.492 e. The summed E-state index contributed by atoms with van der Waals surface area (Å²) < 4.78 is 11.2. The van der Waals surface area contributed by atoms with Gasteiger partial charge in [0.05, 0.1) is 24.6 Å². The van der Waals surface area contributed by atoms with Gasteiger partial charge < -0.3 is 20.1 Å². The van der Waals surface area contributed by atoms with Gasteiger partial charge in [-0.3, -0.25) is 14.5 Å². The molecule has 1 fully saturated rings. The number of nitrogens with one attached hydrogen (secondary N) is 2. The number of carbonyl (C=O) groups is 2. The smallest absolute Gasteiger partial charge is 0.261 e. The third-order valence-corrected chi connectivity index (χ3v) is 5.54. The van der Waals surface area contributed by atoms with E-state index >= 15 is 0 Å². The molecule has 2 N–H and O–H groups in total. The van der Waals surface area contributed by atoms with E-state index in [0.29, 0.717) is 18.0 Å². The number of ether oxygens (including phenoxy) is 2. The van der Waals surface area contributed by atoms with Crippen LogP contribution in [-0.4, -0.2) is 62.7 Å². The number of morpholine rings is 1. The summed E-state index contributed by atoms with van der Waals surface area (Å²) in [6, 6.07) is 11.3. The van der Waals surface area contributed by atoms with E-state index in [9.17, 15) is 9.59 Å². The van der Waals surface area contributed by atoms with Crippen LogP contribution >= 0.6 is 11.3 Å². The Morgan fingerprint density at radius 2 is 2.00 bits per heavy atom. The SMILES string of the molecule is Cc1ccc(C(=O)NCC(=O)NCc2cccc(OCCN3CCOCC3)c2)s1. The van der Waals surface area contributed by atoms with Gasteiger partial charge in [-0.25, -0.2) is 0 Å². The van der Waals surface area contributed by atoms with Crippen LogP contribution in [0, 0.1) is 6.92 Å². The Kier molecular flexibility index (Phi) is 8.03. The van der Waals surface area contributed by atoms with Gasteiger partial charge in [-0.05, 0) is 36.8 Å². The fraction of sp³-hybridized carbons (Fsp3) is 0.429. The lowest BCUT2D eigenvalue weighted by Crippen LogP contribution is -2.38. The first kappa shape index (κ1) is 21.3. The van der Waals surface area contributed by atoms with Gasteiger partial charge in [0, 0.05) is 31.1 Å². The molecule has 0 radical (unpaired) electrons. The van der Waals surface area contributed by atoms with Crippen molar-refractivity contribution < 1.29 is 19.1 Å². The summed E-state index contributed by atoms with van der Waals surface area (Å²) in [5, 5.41) is 5.46. The maximum atomic E-state index is 12.0. The highest BCUT2D eigenvalue weighted by molar-refractivity contribution is 7.13. The number of rotatable bonds is 9. The van der Waals surface area contributed by atoms with Crippen molar-refractivity contribution in [3.8, 4) is 5.75 Å². The van der Waals surface area contributed by atoms with E-state index in [2.05, 4.69) is 15.5 Å².